The fraction of sp³-hybridized carbons (Fsp3) is 0.278. The van der Waals surface area contributed by atoms with E-state index in [4.69, 9.17) is 9.47 Å². The first-order valence-corrected chi connectivity index (χ1v) is 8.63. The molecule has 1 amide bonds. The largest absolute Gasteiger partial charge is 0.491 e. The molecule has 1 N–H and O–H groups in total. The molecule has 0 radical (unpaired) electrons. The number of aromatic nitrogens is 1. The SMILES string of the molecule is Cc1cccc(C)c1OCCNC(=O)COC(=O)/C=C/c1cncs1. The summed E-state index contributed by atoms with van der Waals surface area (Å²) in [5, 5.41) is 2.64. The molecule has 0 spiro atoms. The Morgan fingerprint density at radius 1 is 1.28 bits per heavy atom. The van der Waals surface area contributed by atoms with Crippen molar-refractivity contribution >= 4 is 29.3 Å². The Labute approximate surface area is 150 Å². The van der Waals surface area contributed by atoms with Gasteiger partial charge in [0.15, 0.2) is 6.61 Å². The maximum Gasteiger partial charge on any atom is 0.331 e. The van der Waals surface area contributed by atoms with E-state index in [2.05, 4.69) is 10.3 Å². The molecule has 7 heteroatoms. The molecule has 0 aliphatic rings. The molecule has 2 aromatic rings. The van der Waals surface area contributed by atoms with Crippen molar-refractivity contribution in [1.82, 2.24) is 10.3 Å². The standard InChI is InChI=1S/C18H20N2O4S/c1-13-4-3-5-14(2)18(13)23-9-8-20-16(21)11-24-17(22)7-6-15-10-19-12-25-15/h3-7,10,12H,8-9,11H2,1-2H3,(H,20,21)/b7-6+. The summed E-state index contributed by atoms with van der Waals surface area (Å²) in [5.41, 5.74) is 3.76. The van der Waals surface area contributed by atoms with Crippen LogP contribution in [0.4, 0.5) is 0 Å². The van der Waals surface area contributed by atoms with Gasteiger partial charge in [0.05, 0.1) is 12.1 Å². The molecule has 132 valence electrons. The van der Waals surface area contributed by atoms with Gasteiger partial charge in [-0.1, -0.05) is 18.2 Å². The monoisotopic (exact) mass is 360 g/mol. The molecule has 0 saturated carbocycles. The van der Waals surface area contributed by atoms with Gasteiger partial charge in [0, 0.05) is 17.2 Å². The molecule has 25 heavy (non-hydrogen) atoms. The van der Waals surface area contributed by atoms with Gasteiger partial charge in [0.2, 0.25) is 0 Å². The number of nitrogens with one attached hydrogen (secondary N) is 1. The third kappa shape index (κ3) is 6.39. The van der Waals surface area contributed by atoms with Crippen LogP contribution in [0.5, 0.6) is 5.75 Å². The second-order valence-corrected chi connectivity index (χ2v) is 6.18. The normalized spacial score (nSPS) is 10.6. The van der Waals surface area contributed by atoms with E-state index in [1.165, 1.54) is 17.4 Å². The summed E-state index contributed by atoms with van der Waals surface area (Å²) in [6.45, 7) is 4.30. The number of ether oxygens (including phenoxy) is 2. The Bertz CT molecular complexity index is 721. The van der Waals surface area contributed by atoms with Crippen molar-refractivity contribution in [2.45, 2.75) is 13.8 Å². The molecule has 1 aromatic heterocycles. The highest BCUT2D eigenvalue weighted by Crippen LogP contribution is 2.21. The highest BCUT2D eigenvalue weighted by Gasteiger charge is 2.06. The smallest absolute Gasteiger partial charge is 0.331 e. The number of hydrogen-bond acceptors (Lipinski definition) is 6. The van der Waals surface area contributed by atoms with E-state index in [0.717, 1.165) is 21.8 Å². The van der Waals surface area contributed by atoms with Crippen LogP contribution in [0.3, 0.4) is 0 Å². The van der Waals surface area contributed by atoms with Gasteiger partial charge in [-0.05, 0) is 31.1 Å². The molecule has 1 heterocycles. The van der Waals surface area contributed by atoms with Crippen LogP contribution in [0.15, 0.2) is 36.0 Å². The maximum atomic E-state index is 11.6. The Morgan fingerprint density at radius 3 is 2.72 bits per heavy atom. The van der Waals surface area contributed by atoms with Crippen LogP contribution in [-0.2, 0) is 14.3 Å². The van der Waals surface area contributed by atoms with Crippen LogP contribution in [0.1, 0.15) is 16.0 Å². The summed E-state index contributed by atoms with van der Waals surface area (Å²) in [5.74, 6) is -0.114. The van der Waals surface area contributed by atoms with E-state index in [-0.39, 0.29) is 12.5 Å². The van der Waals surface area contributed by atoms with Crippen molar-refractivity contribution in [3.8, 4) is 5.75 Å². The molecule has 1 aromatic carbocycles. The van der Waals surface area contributed by atoms with Crippen molar-refractivity contribution in [1.29, 1.82) is 0 Å². The van der Waals surface area contributed by atoms with E-state index < -0.39 is 5.97 Å². The molecule has 0 bridgehead atoms. The Hall–Kier alpha value is -2.67. The molecule has 2 rings (SSSR count). The molecule has 0 saturated heterocycles. The number of hydrogen-bond donors (Lipinski definition) is 1. The van der Waals surface area contributed by atoms with Crippen molar-refractivity contribution in [2.75, 3.05) is 19.8 Å². The average molecular weight is 360 g/mol. The zero-order chi connectivity index (χ0) is 18.1. The number of esters is 1. The summed E-state index contributed by atoms with van der Waals surface area (Å²) < 4.78 is 10.5. The second-order valence-electron chi connectivity index (χ2n) is 5.26. The number of nitrogens with zero attached hydrogens (tertiary/aromatic N) is 1. The Kier molecular flexibility index (Phi) is 7.16. The molecule has 0 aliphatic heterocycles. The van der Waals surface area contributed by atoms with Crippen LogP contribution in [0.25, 0.3) is 6.08 Å². The van der Waals surface area contributed by atoms with Crippen molar-refractivity contribution in [3.05, 3.63) is 52.0 Å². The van der Waals surface area contributed by atoms with Crippen molar-refractivity contribution in [2.24, 2.45) is 0 Å². The topological polar surface area (TPSA) is 77.5 Å². The zero-order valence-electron chi connectivity index (χ0n) is 14.2. The second kappa shape index (κ2) is 9.58. The van der Waals surface area contributed by atoms with Gasteiger partial charge in [-0.3, -0.25) is 9.78 Å². The quantitative estimate of drug-likeness (QED) is 0.445. The van der Waals surface area contributed by atoms with E-state index >= 15 is 0 Å². The summed E-state index contributed by atoms with van der Waals surface area (Å²) in [6.07, 6.45) is 4.50. The highest BCUT2D eigenvalue weighted by molar-refractivity contribution is 7.10. The van der Waals surface area contributed by atoms with Gasteiger partial charge in [-0.15, -0.1) is 11.3 Å². The number of thiazole rings is 1. The third-order valence-electron chi connectivity index (χ3n) is 3.26. The minimum Gasteiger partial charge on any atom is -0.491 e. The lowest BCUT2D eigenvalue weighted by Crippen LogP contribution is -2.32. The Balaban J connectivity index is 1.63. The minimum atomic E-state index is -0.574. The predicted molar refractivity (Wildman–Crippen MR) is 96.5 cm³/mol. The van der Waals surface area contributed by atoms with E-state index in [1.54, 1.807) is 17.8 Å². The van der Waals surface area contributed by atoms with Crippen LogP contribution < -0.4 is 10.1 Å². The average Bonchev–Trinajstić information content (AvgIpc) is 3.10. The number of carbonyl (C=O) groups is 2. The zero-order valence-corrected chi connectivity index (χ0v) is 15.0. The van der Waals surface area contributed by atoms with E-state index in [9.17, 15) is 9.59 Å². The third-order valence-corrected chi connectivity index (χ3v) is 4.00. The van der Waals surface area contributed by atoms with Gasteiger partial charge in [-0.2, -0.15) is 0 Å². The number of carbonyl (C=O) groups excluding carboxylic acids is 2. The van der Waals surface area contributed by atoms with Crippen molar-refractivity contribution < 1.29 is 19.1 Å². The fourth-order valence-electron chi connectivity index (χ4n) is 2.06. The number of para-hydroxylation sites is 1. The molecular formula is C18H20N2O4S. The number of benzene rings is 1. The van der Waals surface area contributed by atoms with Crippen LogP contribution in [0, 0.1) is 13.8 Å². The number of amides is 1. The molecule has 0 atom stereocenters. The lowest BCUT2D eigenvalue weighted by Gasteiger charge is -2.12. The molecular weight excluding hydrogens is 340 g/mol. The summed E-state index contributed by atoms with van der Waals surface area (Å²) in [6, 6.07) is 5.91. The molecule has 0 fully saturated rings. The fourth-order valence-corrected chi connectivity index (χ4v) is 2.58. The Morgan fingerprint density at radius 2 is 2.04 bits per heavy atom. The first kappa shape index (κ1) is 18.7. The first-order chi connectivity index (χ1) is 12.1. The highest BCUT2D eigenvalue weighted by atomic mass is 32.1. The summed E-state index contributed by atoms with van der Waals surface area (Å²) in [7, 11) is 0. The summed E-state index contributed by atoms with van der Waals surface area (Å²) in [4.78, 5) is 27.9. The number of rotatable bonds is 8. The minimum absolute atomic E-state index is 0.324. The van der Waals surface area contributed by atoms with Gasteiger partial charge in [0.25, 0.3) is 5.91 Å². The van der Waals surface area contributed by atoms with Gasteiger partial charge in [-0.25, -0.2) is 4.79 Å². The van der Waals surface area contributed by atoms with E-state index in [0.29, 0.717) is 13.2 Å². The van der Waals surface area contributed by atoms with E-state index in [1.807, 2.05) is 32.0 Å². The van der Waals surface area contributed by atoms with Gasteiger partial charge < -0.3 is 14.8 Å². The first-order valence-electron chi connectivity index (χ1n) is 7.75. The summed E-state index contributed by atoms with van der Waals surface area (Å²) >= 11 is 1.40. The van der Waals surface area contributed by atoms with Gasteiger partial charge >= 0.3 is 5.97 Å². The molecule has 0 unspecified atom stereocenters. The molecule has 6 nitrogen and oxygen atoms in total. The van der Waals surface area contributed by atoms with Crippen LogP contribution in [0.2, 0.25) is 0 Å². The number of aryl methyl sites for hydroxylation is 2. The predicted octanol–water partition coefficient (Wildman–Crippen LogP) is 2.51. The lowest BCUT2D eigenvalue weighted by molar-refractivity contribution is -0.143. The lowest BCUT2D eigenvalue weighted by atomic mass is 10.1. The molecule has 0 aliphatic carbocycles. The van der Waals surface area contributed by atoms with Gasteiger partial charge in [0.1, 0.15) is 12.4 Å². The maximum absolute atomic E-state index is 11.6. The van der Waals surface area contributed by atoms with Crippen LogP contribution in [-0.4, -0.2) is 36.6 Å². The van der Waals surface area contributed by atoms with Crippen molar-refractivity contribution in [3.63, 3.8) is 0 Å². The van der Waals surface area contributed by atoms with Crippen LogP contribution >= 0.6 is 11.3 Å².